The molecular formula is C17H26ClN3O2. The molecule has 0 saturated carbocycles. The summed E-state index contributed by atoms with van der Waals surface area (Å²) in [5.41, 5.74) is 7.12. The van der Waals surface area contributed by atoms with E-state index in [1.165, 1.54) is 0 Å². The van der Waals surface area contributed by atoms with E-state index < -0.39 is 5.60 Å². The van der Waals surface area contributed by atoms with Gasteiger partial charge in [-0.05, 0) is 51.0 Å². The summed E-state index contributed by atoms with van der Waals surface area (Å²) in [6.45, 7) is 9.50. The highest BCUT2D eigenvalue weighted by atomic mass is 35.5. The summed E-state index contributed by atoms with van der Waals surface area (Å²) in [4.78, 5) is 16.3. The Kier molecular flexibility index (Phi) is 5.76. The number of rotatable bonds is 2. The zero-order valence-corrected chi connectivity index (χ0v) is 14.9. The van der Waals surface area contributed by atoms with Crippen LogP contribution in [-0.2, 0) is 11.3 Å². The quantitative estimate of drug-likeness (QED) is 0.839. The van der Waals surface area contributed by atoms with E-state index in [9.17, 15) is 4.79 Å². The Morgan fingerprint density at radius 1 is 1.26 bits per heavy atom. The molecule has 2 rings (SSSR count). The Bertz CT molecular complexity index is 557. The Morgan fingerprint density at radius 3 is 2.70 bits per heavy atom. The maximum atomic E-state index is 12.2. The molecule has 1 aromatic carbocycles. The van der Waals surface area contributed by atoms with Crippen molar-refractivity contribution < 1.29 is 9.53 Å². The lowest BCUT2D eigenvalue weighted by atomic mass is 10.2. The minimum atomic E-state index is -0.460. The highest BCUT2D eigenvalue weighted by Crippen LogP contribution is 2.21. The van der Waals surface area contributed by atoms with Crippen LogP contribution in [0, 0.1) is 0 Å². The van der Waals surface area contributed by atoms with Crippen LogP contribution in [0.4, 0.5) is 10.5 Å². The van der Waals surface area contributed by atoms with Crippen LogP contribution in [0.15, 0.2) is 18.2 Å². The number of halogens is 1. The van der Waals surface area contributed by atoms with Gasteiger partial charge in [0.1, 0.15) is 5.60 Å². The molecule has 1 aliphatic heterocycles. The number of ether oxygens (including phenoxy) is 1. The largest absolute Gasteiger partial charge is 0.444 e. The van der Waals surface area contributed by atoms with Crippen LogP contribution in [0.25, 0.3) is 0 Å². The Morgan fingerprint density at radius 2 is 2.00 bits per heavy atom. The van der Waals surface area contributed by atoms with E-state index >= 15 is 0 Å². The van der Waals surface area contributed by atoms with Crippen LogP contribution in [-0.4, -0.2) is 47.7 Å². The van der Waals surface area contributed by atoms with Gasteiger partial charge in [0.05, 0.1) is 0 Å². The van der Waals surface area contributed by atoms with Gasteiger partial charge in [-0.3, -0.25) is 4.90 Å². The van der Waals surface area contributed by atoms with Crippen LogP contribution in [0.2, 0.25) is 5.02 Å². The second kappa shape index (κ2) is 7.41. The Balaban J connectivity index is 1.93. The minimum Gasteiger partial charge on any atom is -0.444 e. The van der Waals surface area contributed by atoms with Crippen LogP contribution in [0.3, 0.4) is 0 Å². The van der Waals surface area contributed by atoms with Crippen LogP contribution in [0.1, 0.15) is 32.8 Å². The van der Waals surface area contributed by atoms with E-state index in [1.54, 1.807) is 11.0 Å². The van der Waals surface area contributed by atoms with Gasteiger partial charge in [-0.15, -0.1) is 0 Å². The second-order valence-corrected chi connectivity index (χ2v) is 7.36. The zero-order valence-electron chi connectivity index (χ0n) is 14.1. The normalized spacial score (nSPS) is 17.0. The van der Waals surface area contributed by atoms with E-state index in [4.69, 9.17) is 22.1 Å². The zero-order chi connectivity index (χ0) is 17.0. The monoisotopic (exact) mass is 339 g/mol. The van der Waals surface area contributed by atoms with Crippen molar-refractivity contribution in [2.75, 3.05) is 31.9 Å². The first-order valence-electron chi connectivity index (χ1n) is 7.99. The molecule has 1 fully saturated rings. The van der Waals surface area contributed by atoms with Crippen molar-refractivity contribution in [2.45, 2.75) is 39.3 Å². The third kappa shape index (κ3) is 5.59. The van der Waals surface area contributed by atoms with Gasteiger partial charge < -0.3 is 15.4 Å². The van der Waals surface area contributed by atoms with Crippen molar-refractivity contribution >= 4 is 23.4 Å². The standard InChI is InChI=1S/C17H26ClN3O2/c1-17(2,3)23-16(22)21-8-4-7-20(9-10-21)12-13-11-14(19)5-6-15(13)18/h5-6,11H,4,7-10,12,19H2,1-3H3. The number of hydrogen-bond donors (Lipinski definition) is 1. The number of nitrogen functional groups attached to an aromatic ring is 1. The smallest absolute Gasteiger partial charge is 0.410 e. The fourth-order valence-electron chi connectivity index (χ4n) is 2.59. The van der Waals surface area contributed by atoms with Crippen molar-refractivity contribution in [3.05, 3.63) is 28.8 Å². The minimum absolute atomic E-state index is 0.235. The van der Waals surface area contributed by atoms with Crippen LogP contribution >= 0.6 is 11.6 Å². The van der Waals surface area contributed by atoms with E-state index in [1.807, 2.05) is 32.9 Å². The first-order chi connectivity index (χ1) is 10.7. The first-order valence-corrected chi connectivity index (χ1v) is 8.36. The van der Waals surface area contributed by atoms with E-state index in [-0.39, 0.29) is 6.09 Å². The number of amides is 1. The molecule has 5 nitrogen and oxygen atoms in total. The fraction of sp³-hybridized carbons (Fsp3) is 0.588. The summed E-state index contributed by atoms with van der Waals surface area (Å²) in [6, 6.07) is 5.55. The number of hydrogen-bond acceptors (Lipinski definition) is 4. The molecule has 2 N–H and O–H groups in total. The van der Waals surface area contributed by atoms with Crippen molar-refractivity contribution in [2.24, 2.45) is 0 Å². The number of carbonyl (C=O) groups is 1. The molecule has 6 heteroatoms. The second-order valence-electron chi connectivity index (χ2n) is 6.95. The Labute approximate surface area is 143 Å². The highest BCUT2D eigenvalue weighted by Gasteiger charge is 2.24. The van der Waals surface area contributed by atoms with E-state index in [2.05, 4.69) is 4.90 Å². The predicted octanol–water partition coefficient (Wildman–Crippen LogP) is 3.37. The van der Waals surface area contributed by atoms with Gasteiger partial charge in [0.2, 0.25) is 0 Å². The number of carbonyl (C=O) groups excluding carboxylic acids is 1. The summed E-state index contributed by atoms with van der Waals surface area (Å²) in [5.74, 6) is 0. The van der Waals surface area contributed by atoms with Gasteiger partial charge in [0, 0.05) is 43.4 Å². The molecule has 0 spiro atoms. The van der Waals surface area contributed by atoms with Crippen LogP contribution in [0.5, 0.6) is 0 Å². The fourth-order valence-corrected chi connectivity index (χ4v) is 2.77. The molecule has 1 aromatic rings. The third-order valence-electron chi connectivity index (χ3n) is 3.70. The van der Waals surface area contributed by atoms with Crippen LogP contribution < -0.4 is 5.73 Å². The summed E-state index contributed by atoms with van der Waals surface area (Å²) in [6.07, 6.45) is 0.681. The Hall–Kier alpha value is -1.46. The third-order valence-corrected chi connectivity index (χ3v) is 4.07. The lowest BCUT2D eigenvalue weighted by molar-refractivity contribution is 0.0257. The van der Waals surface area contributed by atoms with Crippen molar-refractivity contribution in [3.63, 3.8) is 0 Å². The molecule has 0 radical (unpaired) electrons. The molecule has 1 saturated heterocycles. The summed E-state index contributed by atoms with van der Waals surface area (Å²) in [7, 11) is 0. The van der Waals surface area contributed by atoms with Gasteiger partial charge in [0.15, 0.2) is 0 Å². The van der Waals surface area contributed by atoms with Crippen molar-refractivity contribution in [1.82, 2.24) is 9.80 Å². The maximum absolute atomic E-state index is 12.2. The molecular weight excluding hydrogens is 314 g/mol. The number of nitrogens with two attached hydrogens (primary N) is 1. The van der Waals surface area contributed by atoms with E-state index in [0.717, 1.165) is 48.9 Å². The highest BCUT2D eigenvalue weighted by molar-refractivity contribution is 6.31. The van der Waals surface area contributed by atoms with Gasteiger partial charge >= 0.3 is 6.09 Å². The first kappa shape index (κ1) is 17.9. The number of nitrogens with zero attached hydrogens (tertiary/aromatic N) is 2. The average molecular weight is 340 g/mol. The lowest BCUT2D eigenvalue weighted by Crippen LogP contribution is -2.39. The molecule has 1 amide bonds. The van der Waals surface area contributed by atoms with E-state index in [0.29, 0.717) is 6.54 Å². The molecule has 0 aliphatic carbocycles. The number of benzene rings is 1. The summed E-state index contributed by atoms with van der Waals surface area (Å²) in [5, 5.41) is 0.729. The summed E-state index contributed by atoms with van der Waals surface area (Å²) < 4.78 is 5.45. The molecule has 128 valence electrons. The molecule has 23 heavy (non-hydrogen) atoms. The molecule has 1 heterocycles. The van der Waals surface area contributed by atoms with Gasteiger partial charge in [0.25, 0.3) is 0 Å². The maximum Gasteiger partial charge on any atom is 0.410 e. The number of anilines is 1. The van der Waals surface area contributed by atoms with Gasteiger partial charge in [-0.1, -0.05) is 11.6 Å². The SMILES string of the molecule is CC(C)(C)OC(=O)N1CCCN(Cc2cc(N)ccc2Cl)CC1. The summed E-state index contributed by atoms with van der Waals surface area (Å²) >= 11 is 6.24. The average Bonchev–Trinajstić information content (AvgIpc) is 2.67. The molecule has 0 aromatic heterocycles. The molecule has 0 bridgehead atoms. The van der Waals surface area contributed by atoms with Crippen molar-refractivity contribution in [1.29, 1.82) is 0 Å². The molecule has 0 atom stereocenters. The molecule has 1 aliphatic rings. The van der Waals surface area contributed by atoms with Crippen molar-refractivity contribution in [3.8, 4) is 0 Å². The molecule has 0 unspecified atom stereocenters. The topological polar surface area (TPSA) is 58.8 Å². The predicted molar refractivity (Wildman–Crippen MR) is 93.6 cm³/mol. The van der Waals surface area contributed by atoms with Gasteiger partial charge in [-0.25, -0.2) is 4.79 Å². The lowest BCUT2D eigenvalue weighted by Gasteiger charge is -2.26. The van der Waals surface area contributed by atoms with Gasteiger partial charge in [-0.2, -0.15) is 0 Å².